The van der Waals surface area contributed by atoms with Crippen molar-refractivity contribution in [3.63, 3.8) is 0 Å². The number of carbonyl (C=O) groups excluding carboxylic acids is 2. The Morgan fingerprint density at radius 1 is 1.20 bits per heavy atom. The van der Waals surface area contributed by atoms with Crippen LogP contribution in [-0.2, 0) is 4.79 Å². The second-order valence-electron chi connectivity index (χ2n) is 5.85. The quantitative estimate of drug-likeness (QED) is 0.421. The lowest BCUT2D eigenvalue weighted by Crippen LogP contribution is -2.16. The topological polar surface area (TPSA) is 82.6 Å². The van der Waals surface area contributed by atoms with E-state index in [0.717, 1.165) is 22.4 Å². The van der Waals surface area contributed by atoms with E-state index in [4.69, 9.17) is 0 Å². The van der Waals surface area contributed by atoms with Crippen molar-refractivity contribution in [2.24, 2.45) is 5.10 Å². The number of fused-ring (bicyclic) bond motifs is 1. The van der Waals surface area contributed by atoms with Crippen molar-refractivity contribution in [3.8, 4) is 0 Å². The monoisotopic (exact) mass is 354 g/mol. The average molecular weight is 354 g/mol. The van der Waals surface area contributed by atoms with E-state index in [1.54, 1.807) is 24.3 Å². The number of benzene rings is 2. The molecular formula is C18H18N4O2S. The van der Waals surface area contributed by atoms with Crippen LogP contribution in [-0.4, -0.2) is 23.9 Å². The molecule has 0 bridgehead atoms. The predicted octanol–water partition coefficient (Wildman–Crippen LogP) is 3.27. The Morgan fingerprint density at radius 3 is 2.80 bits per heavy atom. The summed E-state index contributed by atoms with van der Waals surface area (Å²) in [6.45, 7) is 4.13. The Labute approximate surface area is 150 Å². The maximum Gasteiger partial charge on any atom is 0.276 e. The van der Waals surface area contributed by atoms with E-state index in [1.807, 2.05) is 18.2 Å². The number of hydrogen-bond donors (Lipinski definition) is 3. The van der Waals surface area contributed by atoms with Crippen LogP contribution in [0.5, 0.6) is 0 Å². The minimum atomic E-state index is -0.256. The summed E-state index contributed by atoms with van der Waals surface area (Å²) in [5.41, 5.74) is 5.84. The summed E-state index contributed by atoms with van der Waals surface area (Å²) < 4.78 is 3.27. The Morgan fingerprint density at radius 2 is 2.04 bits per heavy atom. The summed E-state index contributed by atoms with van der Waals surface area (Å²) in [6.07, 6.45) is 0.765. The van der Waals surface area contributed by atoms with Gasteiger partial charge in [0, 0.05) is 22.1 Å². The maximum absolute atomic E-state index is 12.2. The molecule has 0 unspecified atom stereocenters. The fraction of sp³-hybridized carbons (Fsp3) is 0.167. The van der Waals surface area contributed by atoms with E-state index in [1.165, 1.54) is 11.9 Å². The third-order valence-electron chi connectivity index (χ3n) is 3.44. The summed E-state index contributed by atoms with van der Waals surface area (Å²) in [4.78, 5) is 24.0. The largest absolute Gasteiger partial charge is 0.320 e. The molecule has 0 radical (unpaired) electrons. The van der Waals surface area contributed by atoms with Crippen LogP contribution in [0, 0.1) is 0 Å². The van der Waals surface area contributed by atoms with E-state index in [9.17, 15) is 9.59 Å². The molecule has 1 aliphatic heterocycles. The molecular weight excluding hydrogens is 336 g/mol. The van der Waals surface area contributed by atoms with Gasteiger partial charge in [0.15, 0.2) is 5.71 Å². The number of anilines is 2. The van der Waals surface area contributed by atoms with Crippen LogP contribution in [0.1, 0.15) is 29.8 Å². The lowest BCUT2D eigenvalue weighted by Gasteiger charge is -2.08. The Bertz CT molecular complexity index is 849. The van der Waals surface area contributed by atoms with E-state index >= 15 is 0 Å². The molecule has 3 N–H and O–H groups in total. The van der Waals surface area contributed by atoms with Crippen molar-refractivity contribution in [2.75, 3.05) is 10.7 Å². The standard InChI is InChI=1S/C18H18N4O2S/c1-11(2)22-25-14-6-7-16-15(9-14)17(18(24)19-16)21-20-13-5-3-4-12(8-13)10-23/h3-11,20,22H,1-2H3,(H,19,21,24). The molecule has 0 fully saturated rings. The smallest absolute Gasteiger partial charge is 0.276 e. The predicted molar refractivity (Wildman–Crippen MR) is 101 cm³/mol. The third-order valence-corrected chi connectivity index (χ3v) is 4.52. The minimum Gasteiger partial charge on any atom is -0.320 e. The number of carbonyl (C=O) groups is 2. The zero-order chi connectivity index (χ0) is 17.8. The molecule has 0 atom stereocenters. The first kappa shape index (κ1) is 17.2. The molecule has 6 nitrogen and oxygen atoms in total. The summed E-state index contributed by atoms with van der Waals surface area (Å²) in [5, 5.41) is 7.04. The minimum absolute atomic E-state index is 0.256. The lowest BCUT2D eigenvalue weighted by molar-refractivity contribution is -0.110. The molecule has 1 heterocycles. The first-order valence-corrected chi connectivity index (χ1v) is 8.65. The van der Waals surface area contributed by atoms with Gasteiger partial charge in [-0.1, -0.05) is 12.1 Å². The van der Waals surface area contributed by atoms with Gasteiger partial charge in [-0.15, -0.1) is 0 Å². The SMILES string of the molecule is CC(C)NSc1ccc2c(c1)/C(=N/Nc1cccc(C=O)c1)C(=O)N2. The molecule has 1 aliphatic rings. The highest BCUT2D eigenvalue weighted by molar-refractivity contribution is 7.97. The van der Waals surface area contributed by atoms with Gasteiger partial charge in [0.1, 0.15) is 6.29 Å². The molecule has 0 saturated heterocycles. The van der Waals surface area contributed by atoms with Gasteiger partial charge in [-0.25, -0.2) is 0 Å². The number of hydrogen-bond acceptors (Lipinski definition) is 6. The van der Waals surface area contributed by atoms with E-state index in [0.29, 0.717) is 23.0 Å². The van der Waals surface area contributed by atoms with E-state index in [2.05, 4.69) is 34.4 Å². The fourth-order valence-corrected chi connectivity index (χ4v) is 2.98. The molecule has 25 heavy (non-hydrogen) atoms. The Kier molecular flexibility index (Phi) is 5.16. The summed E-state index contributed by atoms with van der Waals surface area (Å²) in [5.74, 6) is -0.256. The summed E-state index contributed by atoms with van der Waals surface area (Å²) in [6, 6.07) is 13.0. The lowest BCUT2D eigenvalue weighted by atomic mass is 10.1. The van der Waals surface area contributed by atoms with Crippen LogP contribution in [0.4, 0.5) is 11.4 Å². The average Bonchev–Trinajstić information content (AvgIpc) is 2.93. The van der Waals surface area contributed by atoms with Gasteiger partial charge in [0.2, 0.25) is 0 Å². The van der Waals surface area contributed by atoms with Crippen molar-refractivity contribution in [1.29, 1.82) is 0 Å². The van der Waals surface area contributed by atoms with Crippen molar-refractivity contribution in [2.45, 2.75) is 24.8 Å². The van der Waals surface area contributed by atoms with Crippen LogP contribution >= 0.6 is 11.9 Å². The van der Waals surface area contributed by atoms with Crippen molar-refractivity contribution >= 4 is 41.2 Å². The van der Waals surface area contributed by atoms with Crippen LogP contribution < -0.4 is 15.5 Å². The molecule has 1 amide bonds. The summed E-state index contributed by atoms with van der Waals surface area (Å²) >= 11 is 1.51. The highest BCUT2D eigenvalue weighted by atomic mass is 32.2. The first-order valence-electron chi connectivity index (χ1n) is 7.84. The number of hydrazone groups is 1. The molecule has 3 rings (SSSR count). The van der Waals surface area contributed by atoms with Gasteiger partial charge in [0.25, 0.3) is 5.91 Å². The molecule has 2 aromatic carbocycles. The normalized spacial score (nSPS) is 14.5. The molecule has 0 aromatic heterocycles. The van der Waals surface area contributed by atoms with Gasteiger partial charge >= 0.3 is 0 Å². The number of aldehydes is 1. The van der Waals surface area contributed by atoms with Crippen LogP contribution in [0.3, 0.4) is 0 Å². The number of rotatable bonds is 6. The van der Waals surface area contributed by atoms with E-state index < -0.39 is 0 Å². The van der Waals surface area contributed by atoms with Gasteiger partial charge < -0.3 is 5.32 Å². The summed E-state index contributed by atoms with van der Waals surface area (Å²) in [7, 11) is 0. The fourth-order valence-electron chi connectivity index (χ4n) is 2.29. The zero-order valence-electron chi connectivity index (χ0n) is 13.9. The van der Waals surface area contributed by atoms with Crippen LogP contribution in [0.15, 0.2) is 52.5 Å². The molecule has 0 spiro atoms. The van der Waals surface area contributed by atoms with Gasteiger partial charge in [-0.2, -0.15) is 5.10 Å². The highest BCUT2D eigenvalue weighted by Gasteiger charge is 2.26. The number of nitrogens with one attached hydrogen (secondary N) is 3. The maximum atomic E-state index is 12.2. The molecule has 128 valence electrons. The molecule has 0 aliphatic carbocycles. The van der Waals surface area contributed by atoms with Crippen molar-refractivity contribution in [3.05, 3.63) is 53.6 Å². The zero-order valence-corrected chi connectivity index (χ0v) is 14.7. The van der Waals surface area contributed by atoms with Crippen molar-refractivity contribution < 1.29 is 9.59 Å². The van der Waals surface area contributed by atoms with Gasteiger partial charge in [0.05, 0.1) is 11.4 Å². The molecule has 2 aromatic rings. The number of nitrogens with zero attached hydrogens (tertiary/aromatic N) is 1. The van der Waals surface area contributed by atoms with Crippen molar-refractivity contribution in [1.82, 2.24) is 4.72 Å². The third kappa shape index (κ3) is 4.07. The first-order chi connectivity index (χ1) is 12.1. The second-order valence-corrected chi connectivity index (χ2v) is 6.76. The van der Waals surface area contributed by atoms with Gasteiger partial charge in [-0.05, 0) is 56.1 Å². The highest BCUT2D eigenvalue weighted by Crippen LogP contribution is 2.28. The van der Waals surface area contributed by atoms with Crippen LogP contribution in [0.25, 0.3) is 0 Å². The van der Waals surface area contributed by atoms with E-state index in [-0.39, 0.29) is 5.91 Å². The second kappa shape index (κ2) is 7.50. The van der Waals surface area contributed by atoms with Crippen LogP contribution in [0.2, 0.25) is 0 Å². The Hall–Kier alpha value is -2.64. The molecule has 0 saturated carbocycles. The Balaban J connectivity index is 1.84. The van der Waals surface area contributed by atoms with Gasteiger partial charge in [-0.3, -0.25) is 19.7 Å². The molecule has 7 heteroatoms. The number of amides is 1.